The molecule has 20 heavy (non-hydrogen) atoms. The Hall–Kier alpha value is -1.51. The van der Waals surface area contributed by atoms with Gasteiger partial charge in [0.1, 0.15) is 17.5 Å². The highest BCUT2D eigenvalue weighted by Gasteiger charge is 2.43. The predicted molar refractivity (Wildman–Crippen MR) is 72.8 cm³/mol. The third-order valence-electron chi connectivity index (χ3n) is 2.98. The number of nitrogens with zero attached hydrogens (tertiary/aromatic N) is 1. The Bertz CT molecular complexity index is 613. The highest BCUT2D eigenvalue weighted by molar-refractivity contribution is 7.90. The topological polar surface area (TPSA) is 95.9 Å². The molecule has 0 radical (unpaired) electrons. The van der Waals surface area contributed by atoms with Crippen molar-refractivity contribution in [3.05, 3.63) is 23.2 Å². The first kappa shape index (κ1) is 14.9. The standard InChI is InChI=1S/C11H13ClN2O5S/c1-19-11(16)8-5-6-14(8)20(17,18)13-10-7(12)3-2-4-9(10)15/h2-4,8,13,15H,5-6H2,1H3. The summed E-state index contributed by atoms with van der Waals surface area (Å²) < 4.78 is 32.0. The Morgan fingerprint density at radius 2 is 2.25 bits per heavy atom. The van der Waals surface area contributed by atoms with Crippen molar-refractivity contribution in [1.82, 2.24) is 4.31 Å². The van der Waals surface area contributed by atoms with Gasteiger partial charge in [-0.15, -0.1) is 0 Å². The van der Waals surface area contributed by atoms with E-state index in [1.807, 2.05) is 0 Å². The lowest BCUT2D eigenvalue weighted by Gasteiger charge is -2.37. The minimum Gasteiger partial charge on any atom is -0.506 e. The minimum absolute atomic E-state index is 0.0590. The van der Waals surface area contributed by atoms with Crippen LogP contribution in [0.25, 0.3) is 0 Å². The minimum atomic E-state index is -3.99. The van der Waals surface area contributed by atoms with Gasteiger partial charge in [0.2, 0.25) is 0 Å². The smallest absolute Gasteiger partial charge is 0.324 e. The Morgan fingerprint density at radius 3 is 2.75 bits per heavy atom. The maximum atomic E-state index is 12.2. The lowest BCUT2D eigenvalue weighted by molar-refractivity contribution is -0.148. The Morgan fingerprint density at radius 1 is 1.55 bits per heavy atom. The van der Waals surface area contributed by atoms with Gasteiger partial charge in [0.25, 0.3) is 0 Å². The van der Waals surface area contributed by atoms with Crippen LogP contribution in [0.2, 0.25) is 5.02 Å². The second-order valence-corrected chi connectivity index (χ2v) is 6.21. The fraction of sp³-hybridized carbons (Fsp3) is 0.364. The van der Waals surface area contributed by atoms with Gasteiger partial charge in [-0.2, -0.15) is 12.7 Å². The molecule has 9 heteroatoms. The monoisotopic (exact) mass is 320 g/mol. The van der Waals surface area contributed by atoms with E-state index in [4.69, 9.17) is 11.6 Å². The summed E-state index contributed by atoms with van der Waals surface area (Å²) in [7, 11) is -2.79. The van der Waals surface area contributed by atoms with Crippen LogP contribution < -0.4 is 4.72 Å². The molecule has 0 saturated carbocycles. The molecule has 0 bridgehead atoms. The van der Waals surface area contributed by atoms with E-state index in [2.05, 4.69) is 9.46 Å². The van der Waals surface area contributed by atoms with Crippen LogP contribution >= 0.6 is 11.6 Å². The van der Waals surface area contributed by atoms with Gasteiger partial charge in [-0.25, -0.2) is 0 Å². The van der Waals surface area contributed by atoms with Gasteiger partial charge in [0.15, 0.2) is 0 Å². The van der Waals surface area contributed by atoms with Gasteiger partial charge in [-0.3, -0.25) is 9.52 Å². The van der Waals surface area contributed by atoms with Crippen molar-refractivity contribution < 1.29 is 23.1 Å². The van der Waals surface area contributed by atoms with Crippen molar-refractivity contribution in [2.24, 2.45) is 0 Å². The highest BCUT2D eigenvalue weighted by atomic mass is 35.5. The predicted octanol–water partition coefficient (Wildman–Crippen LogP) is 0.950. The summed E-state index contributed by atoms with van der Waals surface area (Å²) in [6.07, 6.45) is 0.391. The summed E-state index contributed by atoms with van der Waals surface area (Å²) >= 11 is 5.83. The number of carbonyl (C=O) groups is 1. The highest BCUT2D eigenvalue weighted by Crippen LogP contribution is 2.33. The average Bonchev–Trinajstić information content (AvgIpc) is 2.32. The SMILES string of the molecule is COC(=O)C1CCN1S(=O)(=O)Nc1c(O)cccc1Cl. The van der Waals surface area contributed by atoms with Crippen molar-refractivity contribution in [3.63, 3.8) is 0 Å². The molecule has 1 aromatic rings. The number of carbonyl (C=O) groups excluding carboxylic acids is 1. The zero-order chi connectivity index (χ0) is 14.9. The Kier molecular flexibility index (Phi) is 4.07. The van der Waals surface area contributed by atoms with Crippen LogP contribution in [-0.2, 0) is 19.7 Å². The van der Waals surface area contributed by atoms with Crippen LogP contribution in [-0.4, -0.2) is 43.5 Å². The van der Waals surface area contributed by atoms with E-state index < -0.39 is 22.2 Å². The van der Waals surface area contributed by atoms with E-state index in [1.165, 1.54) is 25.3 Å². The zero-order valence-corrected chi connectivity index (χ0v) is 12.1. The largest absolute Gasteiger partial charge is 0.506 e. The number of hydrogen-bond acceptors (Lipinski definition) is 5. The summed E-state index contributed by atoms with van der Waals surface area (Å²) in [6, 6.07) is 3.38. The summed E-state index contributed by atoms with van der Waals surface area (Å²) in [4.78, 5) is 11.4. The average molecular weight is 321 g/mol. The number of esters is 1. The zero-order valence-electron chi connectivity index (χ0n) is 10.5. The molecular weight excluding hydrogens is 308 g/mol. The third kappa shape index (κ3) is 2.67. The van der Waals surface area contributed by atoms with E-state index in [0.29, 0.717) is 6.42 Å². The van der Waals surface area contributed by atoms with Gasteiger partial charge in [0, 0.05) is 6.54 Å². The lowest BCUT2D eigenvalue weighted by atomic mass is 10.1. The molecule has 110 valence electrons. The third-order valence-corrected chi connectivity index (χ3v) is 4.81. The van der Waals surface area contributed by atoms with Crippen LogP contribution in [0.5, 0.6) is 5.75 Å². The Balaban J connectivity index is 2.22. The summed E-state index contributed by atoms with van der Waals surface area (Å²) in [5.74, 6) is -0.916. The second-order valence-electron chi connectivity index (χ2n) is 4.18. The molecular formula is C11H13ClN2O5S. The molecule has 0 amide bonds. The molecule has 1 saturated heterocycles. The molecule has 2 rings (SSSR count). The molecule has 2 N–H and O–H groups in total. The second kappa shape index (κ2) is 5.47. The fourth-order valence-corrected chi connectivity index (χ4v) is 3.56. The molecule has 7 nitrogen and oxygen atoms in total. The summed E-state index contributed by atoms with van der Waals surface area (Å²) in [6.45, 7) is 0.195. The number of aromatic hydroxyl groups is 1. The molecule has 1 unspecified atom stereocenters. The number of para-hydroxylation sites is 1. The van der Waals surface area contributed by atoms with Crippen molar-refractivity contribution in [3.8, 4) is 5.75 Å². The fourth-order valence-electron chi connectivity index (χ4n) is 1.82. The van der Waals surface area contributed by atoms with Crippen molar-refractivity contribution in [2.45, 2.75) is 12.5 Å². The van der Waals surface area contributed by atoms with E-state index in [9.17, 15) is 18.3 Å². The van der Waals surface area contributed by atoms with Gasteiger partial charge >= 0.3 is 16.2 Å². The molecule has 0 aromatic heterocycles. The van der Waals surface area contributed by atoms with Crippen molar-refractivity contribution >= 4 is 33.5 Å². The number of rotatable bonds is 4. The molecule has 1 aliphatic rings. The maximum absolute atomic E-state index is 12.2. The van der Waals surface area contributed by atoms with Gasteiger partial charge in [-0.05, 0) is 18.6 Å². The van der Waals surface area contributed by atoms with E-state index in [-0.39, 0.29) is 23.0 Å². The maximum Gasteiger partial charge on any atom is 0.324 e. The van der Waals surface area contributed by atoms with Crippen LogP contribution in [0.15, 0.2) is 18.2 Å². The van der Waals surface area contributed by atoms with Crippen molar-refractivity contribution in [1.29, 1.82) is 0 Å². The van der Waals surface area contributed by atoms with Crippen LogP contribution in [0.4, 0.5) is 5.69 Å². The molecule has 1 aromatic carbocycles. The molecule has 0 spiro atoms. The summed E-state index contributed by atoms with van der Waals surface area (Å²) in [5.41, 5.74) is -0.121. The lowest BCUT2D eigenvalue weighted by Crippen LogP contribution is -2.56. The normalized spacial score (nSPS) is 19.2. The first-order valence-electron chi connectivity index (χ1n) is 5.71. The van der Waals surface area contributed by atoms with Crippen LogP contribution in [0, 0.1) is 0 Å². The number of hydrogen-bond donors (Lipinski definition) is 2. The van der Waals surface area contributed by atoms with Crippen LogP contribution in [0.3, 0.4) is 0 Å². The number of anilines is 1. The quantitative estimate of drug-likeness (QED) is 0.636. The van der Waals surface area contributed by atoms with Gasteiger partial charge < -0.3 is 9.84 Å². The van der Waals surface area contributed by atoms with Gasteiger partial charge in [-0.1, -0.05) is 17.7 Å². The number of phenolic OH excluding ortho intramolecular Hbond substituents is 1. The van der Waals surface area contributed by atoms with Gasteiger partial charge in [0.05, 0.1) is 12.1 Å². The molecule has 1 atom stereocenters. The Labute approximate surface area is 121 Å². The molecule has 1 fully saturated rings. The number of benzene rings is 1. The van der Waals surface area contributed by atoms with Crippen LogP contribution in [0.1, 0.15) is 6.42 Å². The first-order valence-corrected chi connectivity index (χ1v) is 7.53. The first-order chi connectivity index (χ1) is 9.36. The number of ether oxygens (including phenoxy) is 1. The number of nitrogens with one attached hydrogen (secondary N) is 1. The molecule has 0 aliphatic carbocycles. The van der Waals surface area contributed by atoms with Crippen molar-refractivity contribution in [2.75, 3.05) is 18.4 Å². The summed E-state index contributed by atoms with van der Waals surface area (Å²) in [5, 5.41) is 9.69. The number of phenols is 1. The molecule has 1 heterocycles. The van der Waals surface area contributed by atoms with E-state index in [0.717, 1.165) is 4.31 Å². The van der Waals surface area contributed by atoms with E-state index >= 15 is 0 Å². The van der Waals surface area contributed by atoms with E-state index in [1.54, 1.807) is 0 Å². The molecule has 1 aliphatic heterocycles. The number of methoxy groups -OCH3 is 1. The number of halogens is 1.